The quantitative estimate of drug-likeness (QED) is 0.239. The number of nitrogens with one attached hydrogen (secondary N) is 1. The molecule has 1 atom stereocenters. The van der Waals surface area contributed by atoms with Crippen molar-refractivity contribution in [1.82, 2.24) is 9.80 Å². The first-order valence-corrected chi connectivity index (χ1v) is 13.5. The number of aliphatic hydroxyl groups excluding tert-OH is 1. The molecule has 39 heavy (non-hydrogen) atoms. The van der Waals surface area contributed by atoms with E-state index in [1.807, 2.05) is 30.3 Å². The maximum atomic E-state index is 13.5. The highest BCUT2D eigenvalue weighted by Gasteiger charge is 2.20. The molecule has 1 aliphatic rings. The molecule has 0 aliphatic carbocycles. The van der Waals surface area contributed by atoms with Gasteiger partial charge in [-0.1, -0.05) is 47.5 Å². The normalized spacial score (nSPS) is 14.9. The van der Waals surface area contributed by atoms with E-state index in [-0.39, 0.29) is 42.4 Å². The van der Waals surface area contributed by atoms with Crippen LogP contribution in [0.25, 0.3) is 0 Å². The molecule has 1 fully saturated rings. The highest BCUT2D eigenvalue weighted by molar-refractivity contribution is 6.42. The Hall–Kier alpha value is -1.64. The van der Waals surface area contributed by atoms with Gasteiger partial charge in [-0.2, -0.15) is 0 Å². The Kier molecular flexibility index (Phi) is 14.3. The van der Waals surface area contributed by atoms with Crippen LogP contribution in [0.15, 0.2) is 66.7 Å². The summed E-state index contributed by atoms with van der Waals surface area (Å²) in [5.41, 5.74) is 2.92. The number of rotatable bonds is 11. The van der Waals surface area contributed by atoms with Crippen molar-refractivity contribution in [1.29, 1.82) is 0 Å². The van der Waals surface area contributed by atoms with E-state index in [2.05, 4.69) is 15.1 Å². The summed E-state index contributed by atoms with van der Waals surface area (Å²) >= 11 is 12.0. The fraction of sp³-hybridized carbons (Fsp3) is 0.379. The van der Waals surface area contributed by atoms with Crippen LogP contribution in [-0.4, -0.2) is 66.8 Å². The third-order valence-electron chi connectivity index (χ3n) is 6.91. The molecule has 0 saturated carbocycles. The highest BCUT2D eigenvalue weighted by atomic mass is 35.5. The second-order valence-electron chi connectivity index (χ2n) is 9.60. The molecule has 1 heterocycles. The monoisotopic (exact) mass is 619 g/mol. The molecule has 214 valence electrons. The SMILES string of the molecule is Cl.Cl.OC(CNc1ccc(Cl)c(Cl)c1)CN1CCN(CCCC(c2ccc(F)cc2)c2ccc(F)cc2)CC1. The van der Waals surface area contributed by atoms with E-state index in [1.54, 1.807) is 12.1 Å². The zero-order chi connectivity index (χ0) is 26.2. The van der Waals surface area contributed by atoms with E-state index < -0.39 is 6.10 Å². The smallest absolute Gasteiger partial charge is 0.123 e. The Morgan fingerprint density at radius 2 is 1.31 bits per heavy atom. The molecule has 10 heteroatoms. The lowest BCUT2D eigenvalue weighted by Gasteiger charge is -2.36. The first-order valence-electron chi connectivity index (χ1n) is 12.7. The molecule has 2 N–H and O–H groups in total. The Labute approximate surface area is 252 Å². The van der Waals surface area contributed by atoms with E-state index in [0.717, 1.165) is 62.4 Å². The molecule has 4 nitrogen and oxygen atoms in total. The summed E-state index contributed by atoms with van der Waals surface area (Å²) in [5.74, 6) is -0.412. The van der Waals surface area contributed by atoms with Gasteiger partial charge in [0.05, 0.1) is 16.1 Å². The van der Waals surface area contributed by atoms with Gasteiger partial charge in [-0.15, -0.1) is 24.8 Å². The standard InChI is InChI=1S/C29H33Cl2F2N3O.2ClH/c30-28-12-11-25(18-29(28)31)34-19-26(37)20-36-16-14-35(15-17-36)13-1-2-27(21-3-7-23(32)8-4-21)22-5-9-24(33)10-6-22;;/h3-12,18,26-27,34,37H,1-2,13-17,19-20H2;2*1H. The predicted molar refractivity (Wildman–Crippen MR) is 162 cm³/mol. The van der Waals surface area contributed by atoms with Gasteiger partial charge in [-0.05, 0) is 73.0 Å². The van der Waals surface area contributed by atoms with Crippen molar-refractivity contribution in [2.75, 3.05) is 51.1 Å². The van der Waals surface area contributed by atoms with Crippen LogP contribution in [0.3, 0.4) is 0 Å². The van der Waals surface area contributed by atoms with Crippen molar-refractivity contribution >= 4 is 53.7 Å². The first kappa shape index (κ1) is 33.6. The lowest BCUT2D eigenvalue weighted by Crippen LogP contribution is -2.49. The molecule has 0 spiro atoms. The summed E-state index contributed by atoms with van der Waals surface area (Å²) in [6.07, 6.45) is 1.39. The lowest BCUT2D eigenvalue weighted by molar-refractivity contribution is 0.0776. The molecule has 3 aromatic carbocycles. The molecule has 0 amide bonds. The van der Waals surface area contributed by atoms with E-state index in [1.165, 1.54) is 24.3 Å². The summed E-state index contributed by atoms with van der Waals surface area (Å²) in [6.45, 7) is 5.72. The number of benzene rings is 3. The molecule has 1 unspecified atom stereocenters. The van der Waals surface area contributed by atoms with Gasteiger partial charge in [0.2, 0.25) is 0 Å². The van der Waals surface area contributed by atoms with Crippen molar-refractivity contribution in [2.24, 2.45) is 0 Å². The highest BCUT2D eigenvalue weighted by Crippen LogP contribution is 2.30. The minimum Gasteiger partial charge on any atom is -0.390 e. The minimum absolute atomic E-state index is 0. The number of hydrogen-bond donors (Lipinski definition) is 2. The molecule has 1 aliphatic heterocycles. The third kappa shape index (κ3) is 10.4. The fourth-order valence-corrected chi connectivity index (χ4v) is 5.13. The topological polar surface area (TPSA) is 38.7 Å². The van der Waals surface area contributed by atoms with E-state index in [9.17, 15) is 13.9 Å². The predicted octanol–water partition coefficient (Wildman–Crippen LogP) is 7.12. The zero-order valence-electron chi connectivity index (χ0n) is 21.5. The number of hydrogen-bond acceptors (Lipinski definition) is 4. The van der Waals surface area contributed by atoms with Gasteiger partial charge < -0.3 is 15.3 Å². The van der Waals surface area contributed by atoms with Crippen molar-refractivity contribution < 1.29 is 13.9 Å². The molecule has 0 radical (unpaired) electrons. The van der Waals surface area contributed by atoms with Crippen LogP contribution in [0.5, 0.6) is 0 Å². The molecular weight excluding hydrogens is 586 g/mol. The number of aliphatic hydroxyl groups is 1. The zero-order valence-corrected chi connectivity index (χ0v) is 24.7. The molecule has 0 aromatic heterocycles. The summed E-state index contributed by atoms with van der Waals surface area (Å²) in [5, 5.41) is 14.7. The number of piperazine rings is 1. The molecule has 0 bridgehead atoms. The Balaban J connectivity index is 0.00000267. The number of halogens is 6. The molecule has 4 rings (SSSR count). The number of β-amino-alcohol motifs (C(OH)–C–C–N with tert-alkyl or cyclic N) is 1. The van der Waals surface area contributed by atoms with Gasteiger partial charge in [-0.25, -0.2) is 8.78 Å². The summed E-state index contributed by atoms with van der Waals surface area (Å²) in [7, 11) is 0. The Morgan fingerprint density at radius 3 is 1.85 bits per heavy atom. The van der Waals surface area contributed by atoms with E-state index in [4.69, 9.17) is 23.2 Å². The summed E-state index contributed by atoms with van der Waals surface area (Å²) in [6, 6.07) is 18.6. The minimum atomic E-state index is -0.492. The second-order valence-corrected chi connectivity index (χ2v) is 10.4. The average Bonchev–Trinajstić information content (AvgIpc) is 2.90. The Bertz CT molecular complexity index is 1080. The molecule has 3 aromatic rings. The van der Waals surface area contributed by atoms with Crippen molar-refractivity contribution in [2.45, 2.75) is 24.9 Å². The van der Waals surface area contributed by atoms with Crippen molar-refractivity contribution in [3.63, 3.8) is 0 Å². The lowest BCUT2D eigenvalue weighted by atomic mass is 9.87. The van der Waals surface area contributed by atoms with Gasteiger partial charge in [0, 0.05) is 50.9 Å². The van der Waals surface area contributed by atoms with Crippen LogP contribution in [-0.2, 0) is 0 Å². The van der Waals surface area contributed by atoms with Crippen LogP contribution in [0.1, 0.15) is 29.9 Å². The van der Waals surface area contributed by atoms with Crippen molar-refractivity contribution in [3.8, 4) is 0 Å². The van der Waals surface area contributed by atoms with E-state index in [0.29, 0.717) is 23.1 Å². The number of nitrogens with zero attached hydrogens (tertiary/aromatic N) is 2. The van der Waals surface area contributed by atoms with Gasteiger partial charge in [0.25, 0.3) is 0 Å². The average molecular weight is 621 g/mol. The summed E-state index contributed by atoms with van der Waals surface area (Å²) < 4.78 is 26.9. The van der Waals surface area contributed by atoms with Crippen LogP contribution >= 0.6 is 48.0 Å². The summed E-state index contributed by atoms with van der Waals surface area (Å²) in [4.78, 5) is 4.74. The number of anilines is 1. The van der Waals surface area contributed by atoms with Crippen LogP contribution in [0.2, 0.25) is 10.0 Å². The van der Waals surface area contributed by atoms with Gasteiger partial charge in [0.15, 0.2) is 0 Å². The third-order valence-corrected chi connectivity index (χ3v) is 7.65. The Morgan fingerprint density at radius 1 is 0.769 bits per heavy atom. The van der Waals surface area contributed by atoms with Crippen LogP contribution in [0, 0.1) is 11.6 Å². The van der Waals surface area contributed by atoms with E-state index >= 15 is 0 Å². The van der Waals surface area contributed by atoms with Gasteiger partial charge in [0.1, 0.15) is 11.6 Å². The van der Waals surface area contributed by atoms with Crippen LogP contribution in [0.4, 0.5) is 14.5 Å². The van der Waals surface area contributed by atoms with Crippen molar-refractivity contribution in [3.05, 3.63) is 99.5 Å². The second kappa shape index (κ2) is 16.6. The molecule has 1 saturated heterocycles. The largest absolute Gasteiger partial charge is 0.390 e. The maximum absolute atomic E-state index is 13.5. The van der Waals surface area contributed by atoms with Gasteiger partial charge >= 0.3 is 0 Å². The van der Waals surface area contributed by atoms with Gasteiger partial charge in [-0.3, -0.25) is 4.90 Å². The molecular formula is C29H35Cl4F2N3O. The van der Waals surface area contributed by atoms with Crippen LogP contribution < -0.4 is 5.32 Å². The first-order chi connectivity index (χ1) is 17.9. The fourth-order valence-electron chi connectivity index (χ4n) is 4.83. The maximum Gasteiger partial charge on any atom is 0.123 e.